The zero-order valence-electron chi connectivity index (χ0n) is 8.46. The Morgan fingerprint density at radius 3 is 2.79 bits per heavy atom. The average Bonchev–Trinajstić information content (AvgIpc) is 2.10. The summed E-state index contributed by atoms with van der Waals surface area (Å²) in [6, 6.07) is 4.82. The van der Waals surface area contributed by atoms with E-state index in [2.05, 4.69) is 0 Å². The molecule has 0 aliphatic heterocycles. The second-order valence-corrected chi connectivity index (χ2v) is 3.41. The van der Waals surface area contributed by atoms with Crippen LogP contribution in [0.4, 0.5) is 4.39 Å². The molecule has 0 aromatic heterocycles. The van der Waals surface area contributed by atoms with Gasteiger partial charge in [-0.05, 0) is 24.1 Å². The van der Waals surface area contributed by atoms with E-state index in [9.17, 15) is 4.39 Å². The maximum atomic E-state index is 13.2. The molecule has 1 rings (SSSR count). The highest BCUT2D eigenvalue weighted by Gasteiger charge is 2.06. The van der Waals surface area contributed by atoms with E-state index in [1.807, 2.05) is 0 Å². The van der Waals surface area contributed by atoms with Gasteiger partial charge in [-0.1, -0.05) is 12.1 Å². The van der Waals surface area contributed by atoms with Gasteiger partial charge in [0, 0.05) is 13.5 Å². The minimum Gasteiger partial charge on any atom is -0.393 e. The molecule has 1 unspecified atom stereocenters. The number of aliphatic hydroxyl groups is 1. The summed E-state index contributed by atoms with van der Waals surface area (Å²) in [5.41, 5.74) is 1.46. The fourth-order valence-electron chi connectivity index (χ4n) is 1.36. The van der Waals surface area contributed by atoms with E-state index in [4.69, 9.17) is 9.84 Å². The summed E-state index contributed by atoms with van der Waals surface area (Å²) in [6.07, 6.45) is -0.189. The van der Waals surface area contributed by atoms with Crippen LogP contribution in [0.3, 0.4) is 0 Å². The van der Waals surface area contributed by atoms with Crippen molar-refractivity contribution >= 4 is 0 Å². The molecule has 3 heteroatoms. The summed E-state index contributed by atoms with van der Waals surface area (Å²) in [4.78, 5) is 0. The predicted molar refractivity (Wildman–Crippen MR) is 52.5 cm³/mol. The van der Waals surface area contributed by atoms with Crippen molar-refractivity contribution < 1.29 is 14.2 Å². The molecule has 14 heavy (non-hydrogen) atoms. The van der Waals surface area contributed by atoms with Crippen LogP contribution in [0.15, 0.2) is 18.2 Å². The van der Waals surface area contributed by atoms with Crippen molar-refractivity contribution in [2.24, 2.45) is 0 Å². The minimum atomic E-state index is -0.526. The van der Waals surface area contributed by atoms with Crippen molar-refractivity contribution in [1.29, 1.82) is 0 Å². The van der Waals surface area contributed by atoms with Crippen LogP contribution in [0.2, 0.25) is 0 Å². The van der Waals surface area contributed by atoms with Crippen LogP contribution in [-0.4, -0.2) is 18.3 Å². The highest BCUT2D eigenvalue weighted by Crippen LogP contribution is 2.13. The van der Waals surface area contributed by atoms with E-state index in [1.54, 1.807) is 26.2 Å². The molecule has 0 bridgehead atoms. The van der Waals surface area contributed by atoms with E-state index < -0.39 is 6.10 Å². The number of benzene rings is 1. The number of rotatable bonds is 4. The fourth-order valence-corrected chi connectivity index (χ4v) is 1.36. The standard InChI is InChI=1S/C11H15FO2/c1-8(13)5-10-6-9(7-14-2)3-4-11(10)12/h3-4,6,8,13H,5,7H2,1-2H3. The molecule has 0 fully saturated rings. The van der Waals surface area contributed by atoms with Gasteiger partial charge in [0.15, 0.2) is 0 Å². The highest BCUT2D eigenvalue weighted by atomic mass is 19.1. The van der Waals surface area contributed by atoms with Gasteiger partial charge in [0.25, 0.3) is 0 Å². The Kier molecular flexibility index (Phi) is 4.04. The monoisotopic (exact) mass is 198 g/mol. The summed E-state index contributed by atoms with van der Waals surface area (Å²) >= 11 is 0. The van der Waals surface area contributed by atoms with Crippen molar-refractivity contribution in [1.82, 2.24) is 0 Å². The molecule has 0 spiro atoms. The summed E-state index contributed by atoms with van der Waals surface area (Å²) in [6.45, 7) is 2.11. The molecule has 0 radical (unpaired) electrons. The molecule has 0 aliphatic rings. The van der Waals surface area contributed by atoms with Gasteiger partial charge < -0.3 is 9.84 Å². The normalized spacial score (nSPS) is 12.9. The van der Waals surface area contributed by atoms with E-state index in [-0.39, 0.29) is 5.82 Å². The Labute approximate surface area is 83.3 Å². The van der Waals surface area contributed by atoms with Crippen LogP contribution < -0.4 is 0 Å². The number of hydrogen-bond donors (Lipinski definition) is 1. The lowest BCUT2D eigenvalue weighted by Gasteiger charge is -2.08. The lowest BCUT2D eigenvalue weighted by molar-refractivity contribution is 0.183. The van der Waals surface area contributed by atoms with Gasteiger partial charge in [-0.3, -0.25) is 0 Å². The van der Waals surface area contributed by atoms with E-state index >= 15 is 0 Å². The van der Waals surface area contributed by atoms with Crippen LogP contribution in [0.25, 0.3) is 0 Å². The van der Waals surface area contributed by atoms with Crippen LogP contribution in [0.1, 0.15) is 18.1 Å². The van der Waals surface area contributed by atoms with Crippen molar-refractivity contribution in [2.75, 3.05) is 7.11 Å². The van der Waals surface area contributed by atoms with Crippen LogP contribution in [0.5, 0.6) is 0 Å². The third-order valence-electron chi connectivity index (χ3n) is 1.94. The first-order valence-corrected chi connectivity index (χ1v) is 4.57. The number of hydrogen-bond acceptors (Lipinski definition) is 2. The van der Waals surface area contributed by atoms with Crippen LogP contribution in [0, 0.1) is 5.82 Å². The molecule has 1 aromatic rings. The zero-order chi connectivity index (χ0) is 10.6. The van der Waals surface area contributed by atoms with Gasteiger partial charge in [0.2, 0.25) is 0 Å². The first kappa shape index (κ1) is 11.1. The van der Waals surface area contributed by atoms with Gasteiger partial charge in [-0.2, -0.15) is 0 Å². The third-order valence-corrected chi connectivity index (χ3v) is 1.94. The SMILES string of the molecule is COCc1ccc(F)c(CC(C)O)c1. The number of halogens is 1. The summed E-state index contributed by atoms with van der Waals surface area (Å²) in [5.74, 6) is -0.272. The number of ether oxygens (including phenoxy) is 1. The fraction of sp³-hybridized carbons (Fsp3) is 0.455. The Morgan fingerprint density at radius 1 is 1.50 bits per heavy atom. The van der Waals surface area contributed by atoms with Crippen molar-refractivity contribution in [3.63, 3.8) is 0 Å². The number of methoxy groups -OCH3 is 1. The summed E-state index contributed by atoms with van der Waals surface area (Å²) < 4.78 is 18.2. The molecule has 1 N–H and O–H groups in total. The Hall–Kier alpha value is -0.930. The Balaban J connectivity index is 2.84. The molecular formula is C11H15FO2. The Morgan fingerprint density at radius 2 is 2.21 bits per heavy atom. The Bertz CT molecular complexity index is 297. The van der Waals surface area contributed by atoms with Gasteiger partial charge >= 0.3 is 0 Å². The molecule has 0 aliphatic carbocycles. The molecule has 0 heterocycles. The molecular weight excluding hydrogens is 183 g/mol. The third kappa shape index (κ3) is 3.09. The van der Waals surface area contributed by atoms with Crippen molar-refractivity contribution in [3.05, 3.63) is 35.1 Å². The molecule has 0 amide bonds. The van der Waals surface area contributed by atoms with Crippen molar-refractivity contribution in [3.8, 4) is 0 Å². The molecule has 1 atom stereocenters. The zero-order valence-corrected chi connectivity index (χ0v) is 8.46. The second-order valence-electron chi connectivity index (χ2n) is 3.41. The number of aliphatic hydroxyl groups excluding tert-OH is 1. The first-order valence-electron chi connectivity index (χ1n) is 4.57. The quantitative estimate of drug-likeness (QED) is 0.800. The van der Waals surface area contributed by atoms with E-state index in [0.717, 1.165) is 5.56 Å². The smallest absolute Gasteiger partial charge is 0.126 e. The van der Waals surface area contributed by atoms with Crippen molar-refractivity contribution in [2.45, 2.75) is 26.1 Å². The van der Waals surface area contributed by atoms with Gasteiger partial charge in [0.1, 0.15) is 5.82 Å². The molecule has 0 saturated heterocycles. The maximum absolute atomic E-state index is 13.2. The molecule has 78 valence electrons. The van der Waals surface area contributed by atoms with Gasteiger partial charge in [0.05, 0.1) is 12.7 Å². The van der Waals surface area contributed by atoms with E-state index in [1.165, 1.54) is 6.07 Å². The summed E-state index contributed by atoms with van der Waals surface area (Å²) in [7, 11) is 1.59. The molecule has 1 aromatic carbocycles. The lowest BCUT2D eigenvalue weighted by atomic mass is 10.1. The second kappa shape index (κ2) is 5.08. The van der Waals surface area contributed by atoms with Gasteiger partial charge in [-0.25, -0.2) is 4.39 Å². The predicted octanol–water partition coefficient (Wildman–Crippen LogP) is 1.90. The van der Waals surface area contributed by atoms with Gasteiger partial charge in [-0.15, -0.1) is 0 Å². The average molecular weight is 198 g/mol. The summed E-state index contributed by atoms with van der Waals surface area (Å²) in [5, 5.41) is 9.15. The van der Waals surface area contributed by atoms with Crippen LogP contribution in [-0.2, 0) is 17.8 Å². The topological polar surface area (TPSA) is 29.5 Å². The van der Waals surface area contributed by atoms with Crippen LogP contribution >= 0.6 is 0 Å². The minimum absolute atomic E-state index is 0.272. The molecule has 0 saturated carbocycles. The van der Waals surface area contributed by atoms with E-state index in [0.29, 0.717) is 18.6 Å². The maximum Gasteiger partial charge on any atom is 0.126 e. The first-order chi connectivity index (χ1) is 6.63. The lowest BCUT2D eigenvalue weighted by Crippen LogP contribution is -2.06. The molecule has 2 nitrogen and oxygen atoms in total. The largest absolute Gasteiger partial charge is 0.393 e. The highest BCUT2D eigenvalue weighted by molar-refractivity contribution is 5.25.